The zero-order chi connectivity index (χ0) is 12.3. The van der Waals surface area contributed by atoms with E-state index in [1.807, 2.05) is 0 Å². The van der Waals surface area contributed by atoms with Crippen molar-refractivity contribution >= 4 is 23.3 Å². The minimum absolute atomic E-state index is 0.0645. The third-order valence-electron chi connectivity index (χ3n) is 2.17. The minimum Gasteiger partial charge on any atom is -0.296 e. The Morgan fingerprint density at radius 1 is 1.47 bits per heavy atom. The Labute approximate surface area is 101 Å². The van der Waals surface area contributed by atoms with Gasteiger partial charge in [0.05, 0.1) is 9.93 Å². The molecule has 1 aromatic heterocycles. The summed E-state index contributed by atoms with van der Waals surface area (Å²) < 4.78 is 0. The number of nitro groups is 1. The molecule has 0 amide bonds. The molecular formula is C11H8N2O3S. The van der Waals surface area contributed by atoms with Crippen molar-refractivity contribution in [3.63, 3.8) is 0 Å². The second kappa shape index (κ2) is 4.84. The molecule has 6 heteroatoms. The van der Waals surface area contributed by atoms with Gasteiger partial charge in [-0.25, -0.2) is 4.98 Å². The summed E-state index contributed by atoms with van der Waals surface area (Å²) in [4.78, 5) is 24.7. The predicted octanol–water partition coefficient (Wildman–Crippen LogP) is 2.45. The maximum Gasteiger partial charge on any atom is 0.269 e. The molecule has 0 fully saturated rings. The van der Waals surface area contributed by atoms with Crippen molar-refractivity contribution in [3.8, 4) is 0 Å². The Kier molecular flexibility index (Phi) is 3.24. The van der Waals surface area contributed by atoms with Gasteiger partial charge in [-0.05, 0) is 5.56 Å². The summed E-state index contributed by atoms with van der Waals surface area (Å²) in [5.41, 5.74) is 1.27. The van der Waals surface area contributed by atoms with Crippen molar-refractivity contribution in [2.75, 3.05) is 0 Å². The van der Waals surface area contributed by atoms with E-state index < -0.39 is 4.92 Å². The molecule has 1 heterocycles. The van der Waals surface area contributed by atoms with Crippen molar-refractivity contribution < 1.29 is 9.72 Å². The van der Waals surface area contributed by atoms with Gasteiger partial charge in [0.1, 0.15) is 5.69 Å². The summed E-state index contributed by atoms with van der Waals surface area (Å²) >= 11 is 1.37. The van der Waals surface area contributed by atoms with Crippen molar-refractivity contribution in [2.45, 2.75) is 6.42 Å². The van der Waals surface area contributed by atoms with Crippen LogP contribution in [0.4, 0.5) is 5.69 Å². The highest BCUT2D eigenvalue weighted by Gasteiger charge is 2.07. The number of hydrogen-bond acceptors (Lipinski definition) is 5. The number of aromatic nitrogens is 1. The van der Waals surface area contributed by atoms with Crippen LogP contribution in [-0.2, 0) is 6.42 Å². The van der Waals surface area contributed by atoms with Crippen LogP contribution >= 0.6 is 11.3 Å². The Bertz CT molecular complexity index is 565. The van der Waals surface area contributed by atoms with E-state index in [2.05, 4.69) is 4.98 Å². The average molecular weight is 248 g/mol. The highest BCUT2D eigenvalue weighted by Crippen LogP contribution is 2.18. The Morgan fingerprint density at radius 3 is 2.94 bits per heavy atom. The number of nitrogens with zero attached hydrogens (tertiary/aromatic N) is 2. The van der Waals surface area contributed by atoms with Gasteiger partial charge in [0, 0.05) is 23.9 Å². The first-order valence-electron chi connectivity index (χ1n) is 4.82. The molecule has 0 atom stereocenters. The molecule has 0 bridgehead atoms. The molecule has 0 N–H and O–H groups in total. The van der Waals surface area contributed by atoms with E-state index in [4.69, 9.17) is 0 Å². The molecule has 5 nitrogen and oxygen atoms in total. The first kappa shape index (κ1) is 11.4. The van der Waals surface area contributed by atoms with E-state index in [0.717, 1.165) is 10.6 Å². The maximum atomic E-state index is 10.6. The molecule has 17 heavy (non-hydrogen) atoms. The molecule has 86 valence electrons. The molecule has 0 saturated heterocycles. The number of nitro benzene ring substituents is 1. The van der Waals surface area contributed by atoms with Gasteiger partial charge >= 0.3 is 0 Å². The molecular weight excluding hydrogens is 240 g/mol. The predicted molar refractivity (Wildman–Crippen MR) is 63.4 cm³/mol. The summed E-state index contributed by atoms with van der Waals surface area (Å²) in [6.07, 6.45) is 1.19. The lowest BCUT2D eigenvalue weighted by molar-refractivity contribution is -0.384. The van der Waals surface area contributed by atoms with E-state index >= 15 is 0 Å². The summed E-state index contributed by atoms with van der Waals surface area (Å²) in [7, 11) is 0. The quantitative estimate of drug-likeness (QED) is 0.473. The smallest absolute Gasteiger partial charge is 0.269 e. The summed E-state index contributed by atoms with van der Waals surface area (Å²) in [6, 6.07) is 6.40. The second-order valence-corrected chi connectivity index (χ2v) is 4.33. The molecule has 2 aromatic rings. The highest BCUT2D eigenvalue weighted by atomic mass is 32.1. The monoisotopic (exact) mass is 248 g/mol. The number of benzene rings is 1. The lowest BCUT2D eigenvalue weighted by Crippen LogP contribution is -1.92. The van der Waals surface area contributed by atoms with Crippen molar-refractivity contribution in [3.05, 3.63) is 56.0 Å². The van der Waals surface area contributed by atoms with Crippen LogP contribution in [0.25, 0.3) is 0 Å². The zero-order valence-electron chi connectivity index (χ0n) is 8.70. The molecule has 1 aromatic carbocycles. The standard InChI is InChI=1S/C11H8N2O3S/c14-6-9-7-17-11(12-9)5-8-2-1-3-10(4-8)13(15)16/h1-4,6-7H,5H2. The van der Waals surface area contributed by atoms with Crippen LogP contribution in [0.2, 0.25) is 0 Å². The number of hydrogen-bond donors (Lipinski definition) is 0. The van der Waals surface area contributed by atoms with Gasteiger partial charge in [-0.15, -0.1) is 11.3 Å². The van der Waals surface area contributed by atoms with Crippen LogP contribution in [-0.4, -0.2) is 16.2 Å². The van der Waals surface area contributed by atoms with E-state index in [-0.39, 0.29) is 5.69 Å². The van der Waals surface area contributed by atoms with Gasteiger partial charge in [0.15, 0.2) is 6.29 Å². The van der Waals surface area contributed by atoms with Crippen LogP contribution in [0.5, 0.6) is 0 Å². The lowest BCUT2D eigenvalue weighted by Gasteiger charge is -1.97. The number of carbonyl (C=O) groups excluding carboxylic acids is 1. The molecule has 0 spiro atoms. The SMILES string of the molecule is O=Cc1csc(Cc2cccc([N+](=O)[O-])c2)n1. The van der Waals surface area contributed by atoms with Gasteiger partial charge in [0.2, 0.25) is 0 Å². The summed E-state index contributed by atoms with van der Waals surface area (Å²) in [6.45, 7) is 0. The van der Waals surface area contributed by atoms with Crippen molar-refractivity contribution in [1.82, 2.24) is 4.98 Å². The van der Waals surface area contributed by atoms with Crippen LogP contribution in [0.3, 0.4) is 0 Å². The number of aldehydes is 1. The molecule has 0 aliphatic rings. The van der Waals surface area contributed by atoms with Gasteiger partial charge in [-0.1, -0.05) is 12.1 Å². The number of carbonyl (C=O) groups is 1. The molecule has 0 aliphatic carbocycles. The van der Waals surface area contributed by atoms with Crippen molar-refractivity contribution in [1.29, 1.82) is 0 Å². The number of non-ortho nitro benzene ring substituents is 1. The third kappa shape index (κ3) is 2.73. The fourth-order valence-corrected chi connectivity index (χ4v) is 2.19. The van der Waals surface area contributed by atoms with E-state index in [1.165, 1.54) is 23.5 Å². The van der Waals surface area contributed by atoms with Crippen LogP contribution < -0.4 is 0 Å². The Balaban J connectivity index is 2.20. The van der Waals surface area contributed by atoms with Crippen LogP contribution in [0.15, 0.2) is 29.6 Å². The first-order chi connectivity index (χ1) is 8.19. The van der Waals surface area contributed by atoms with E-state index in [9.17, 15) is 14.9 Å². The maximum absolute atomic E-state index is 10.6. The fraction of sp³-hybridized carbons (Fsp3) is 0.0909. The van der Waals surface area contributed by atoms with Crippen LogP contribution in [0, 0.1) is 10.1 Å². The molecule has 0 radical (unpaired) electrons. The third-order valence-corrected chi connectivity index (χ3v) is 3.03. The number of thiazole rings is 1. The fourth-order valence-electron chi connectivity index (χ4n) is 1.42. The normalized spacial score (nSPS) is 10.1. The molecule has 0 saturated carbocycles. The molecule has 0 unspecified atom stereocenters. The topological polar surface area (TPSA) is 73.1 Å². The van der Waals surface area contributed by atoms with Crippen molar-refractivity contribution in [2.24, 2.45) is 0 Å². The van der Waals surface area contributed by atoms with Crippen LogP contribution in [0.1, 0.15) is 21.1 Å². The lowest BCUT2D eigenvalue weighted by atomic mass is 10.1. The molecule has 0 aliphatic heterocycles. The van der Waals surface area contributed by atoms with Gasteiger partial charge in [-0.3, -0.25) is 14.9 Å². The minimum atomic E-state index is -0.428. The van der Waals surface area contributed by atoms with E-state index in [1.54, 1.807) is 17.5 Å². The Morgan fingerprint density at radius 2 is 2.29 bits per heavy atom. The average Bonchev–Trinajstić information content (AvgIpc) is 2.77. The van der Waals surface area contributed by atoms with Gasteiger partial charge in [-0.2, -0.15) is 0 Å². The number of rotatable bonds is 4. The summed E-state index contributed by atoms with van der Waals surface area (Å²) in [5.74, 6) is 0. The Hall–Kier alpha value is -2.08. The first-order valence-corrected chi connectivity index (χ1v) is 5.70. The largest absolute Gasteiger partial charge is 0.296 e. The summed E-state index contributed by atoms with van der Waals surface area (Å²) in [5, 5.41) is 13.0. The highest BCUT2D eigenvalue weighted by molar-refractivity contribution is 7.09. The van der Waals surface area contributed by atoms with Gasteiger partial charge in [0.25, 0.3) is 5.69 Å². The zero-order valence-corrected chi connectivity index (χ0v) is 9.52. The molecule has 2 rings (SSSR count). The van der Waals surface area contributed by atoms with E-state index in [0.29, 0.717) is 18.4 Å². The second-order valence-electron chi connectivity index (χ2n) is 3.39. The van der Waals surface area contributed by atoms with Gasteiger partial charge < -0.3 is 0 Å².